The summed E-state index contributed by atoms with van der Waals surface area (Å²) in [5.41, 5.74) is 2.26. The Bertz CT molecular complexity index is 646. The molecule has 3 atom stereocenters. The number of fused-ring (bicyclic) bond motifs is 1. The van der Waals surface area contributed by atoms with E-state index in [9.17, 15) is 4.79 Å². The lowest BCUT2D eigenvalue weighted by atomic mass is 9.88. The second kappa shape index (κ2) is 7.26. The van der Waals surface area contributed by atoms with Crippen molar-refractivity contribution in [3.8, 4) is 0 Å². The molecule has 3 aliphatic rings. The number of allylic oxidation sites excluding steroid dienone is 1. The van der Waals surface area contributed by atoms with Gasteiger partial charge in [-0.15, -0.1) is 0 Å². The lowest BCUT2D eigenvalue weighted by Crippen LogP contribution is -2.53. The predicted octanol–water partition coefficient (Wildman–Crippen LogP) is 2.24. The number of carbonyl (C=O) groups excluding carboxylic acids is 1. The molecule has 2 fully saturated rings. The van der Waals surface area contributed by atoms with Crippen molar-refractivity contribution in [2.24, 2.45) is 5.92 Å². The molecule has 3 heterocycles. The molecule has 0 N–H and O–H groups in total. The first-order valence-corrected chi connectivity index (χ1v) is 9.40. The normalized spacial score (nSPS) is 29.6. The van der Waals surface area contributed by atoms with Crippen molar-refractivity contribution in [1.82, 2.24) is 14.8 Å². The maximum Gasteiger partial charge on any atom is 0.249 e. The second-order valence-corrected chi connectivity index (χ2v) is 7.47. The lowest BCUT2D eigenvalue weighted by Gasteiger charge is -2.41. The van der Waals surface area contributed by atoms with Crippen LogP contribution >= 0.6 is 0 Å². The third kappa shape index (κ3) is 3.35. The minimum atomic E-state index is 0.255. The van der Waals surface area contributed by atoms with E-state index in [1.165, 1.54) is 5.56 Å². The van der Waals surface area contributed by atoms with E-state index in [0.29, 0.717) is 5.92 Å². The summed E-state index contributed by atoms with van der Waals surface area (Å²) in [6.45, 7) is 3.62. The van der Waals surface area contributed by atoms with Crippen LogP contribution < -0.4 is 0 Å². The molecule has 0 aromatic carbocycles. The molecule has 0 saturated carbocycles. The maximum absolute atomic E-state index is 13.0. The van der Waals surface area contributed by atoms with Crippen molar-refractivity contribution < 1.29 is 9.53 Å². The highest BCUT2D eigenvalue weighted by molar-refractivity contribution is 5.94. The third-order valence-corrected chi connectivity index (χ3v) is 5.95. The van der Waals surface area contributed by atoms with Gasteiger partial charge in [0, 0.05) is 57.2 Å². The molecular formula is C20H27N3O2. The van der Waals surface area contributed by atoms with E-state index in [2.05, 4.69) is 26.9 Å². The van der Waals surface area contributed by atoms with Gasteiger partial charge in [0.25, 0.3) is 0 Å². The van der Waals surface area contributed by atoms with Gasteiger partial charge in [-0.05, 0) is 37.3 Å². The van der Waals surface area contributed by atoms with Crippen LogP contribution in [0, 0.1) is 5.92 Å². The van der Waals surface area contributed by atoms with Gasteiger partial charge in [-0.25, -0.2) is 0 Å². The van der Waals surface area contributed by atoms with Crippen LogP contribution in [0.3, 0.4) is 0 Å². The van der Waals surface area contributed by atoms with Crippen molar-refractivity contribution in [2.75, 3.05) is 26.7 Å². The number of ether oxygens (including phenoxy) is 1. The van der Waals surface area contributed by atoms with Crippen molar-refractivity contribution in [3.63, 3.8) is 0 Å². The monoisotopic (exact) mass is 341 g/mol. The fourth-order valence-electron chi connectivity index (χ4n) is 4.71. The summed E-state index contributed by atoms with van der Waals surface area (Å²) in [5, 5.41) is 0. The van der Waals surface area contributed by atoms with E-state index in [1.807, 2.05) is 25.6 Å². The smallest absolute Gasteiger partial charge is 0.249 e. The Labute approximate surface area is 149 Å². The van der Waals surface area contributed by atoms with Gasteiger partial charge in [0.2, 0.25) is 5.91 Å². The molecule has 4 rings (SSSR count). The number of hydrogen-bond donors (Lipinski definition) is 0. The first-order valence-electron chi connectivity index (χ1n) is 9.40. The molecule has 1 aliphatic carbocycles. The van der Waals surface area contributed by atoms with Crippen LogP contribution in [0.15, 0.2) is 36.2 Å². The molecule has 5 heteroatoms. The summed E-state index contributed by atoms with van der Waals surface area (Å²) in [4.78, 5) is 21.8. The van der Waals surface area contributed by atoms with Gasteiger partial charge in [-0.2, -0.15) is 0 Å². The Morgan fingerprint density at radius 1 is 1.40 bits per heavy atom. The van der Waals surface area contributed by atoms with Crippen molar-refractivity contribution in [2.45, 2.75) is 44.4 Å². The molecule has 0 radical (unpaired) electrons. The number of pyridine rings is 1. The summed E-state index contributed by atoms with van der Waals surface area (Å²) in [7, 11) is 1.81. The largest absolute Gasteiger partial charge is 0.381 e. The first kappa shape index (κ1) is 16.7. The average Bonchev–Trinajstić information content (AvgIpc) is 3.31. The molecule has 25 heavy (non-hydrogen) atoms. The minimum absolute atomic E-state index is 0.255. The van der Waals surface area contributed by atoms with E-state index >= 15 is 0 Å². The highest BCUT2D eigenvalue weighted by Gasteiger charge is 2.46. The molecule has 0 spiro atoms. The molecule has 1 amide bonds. The van der Waals surface area contributed by atoms with Crippen LogP contribution in [0.2, 0.25) is 0 Å². The third-order valence-electron chi connectivity index (χ3n) is 5.95. The Morgan fingerprint density at radius 2 is 2.32 bits per heavy atom. The van der Waals surface area contributed by atoms with Crippen LogP contribution in [0.4, 0.5) is 0 Å². The van der Waals surface area contributed by atoms with Crippen molar-refractivity contribution >= 4 is 5.91 Å². The maximum atomic E-state index is 13.0. The van der Waals surface area contributed by atoms with E-state index < -0.39 is 0 Å². The Balaban J connectivity index is 1.50. The van der Waals surface area contributed by atoms with Gasteiger partial charge in [0.1, 0.15) is 0 Å². The molecule has 134 valence electrons. The minimum Gasteiger partial charge on any atom is -0.381 e. The molecule has 0 bridgehead atoms. The topological polar surface area (TPSA) is 45.7 Å². The van der Waals surface area contributed by atoms with E-state index in [1.54, 1.807) is 0 Å². The van der Waals surface area contributed by atoms with Gasteiger partial charge < -0.3 is 9.64 Å². The summed E-state index contributed by atoms with van der Waals surface area (Å²) >= 11 is 0. The van der Waals surface area contributed by atoms with E-state index in [4.69, 9.17) is 4.74 Å². The number of rotatable bonds is 4. The van der Waals surface area contributed by atoms with E-state index in [0.717, 1.165) is 57.4 Å². The van der Waals surface area contributed by atoms with Gasteiger partial charge in [0.15, 0.2) is 0 Å². The van der Waals surface area contributed by atoms with Crippen LogP contribution in [-0.4, -0.2) is 59.6 Å². The highest BCUT2D eigenvalue weighted by atomic mass is 16.5. The van der Waals surface area contributed by atoms with Crippen molar-refractivity contribution in [3.05, 3.63) is 41.7 Å². The van der Waals surface area contributed by atoms with Crippen LogP contribution in [0.1, 0.15) is 31.2 Å². The molecule has 2 aliphatic heterocycles. The number of carbonyl (C=O) groups is 1. The van der Waals surface area contributed by atoms with Gasteiger partial charge in [-0.1, -0.05) is 12.1 Å². The fourth-order valence-corrected chi connectivity index (χ4v) is 4.71. The highest BCUT2D eigenvalue weighted by Crippen LogP contribution is 2.35. The number of aromatic nitrogens is 1. The number of amides is 1. The van der Waals surface area contributed by atoms with Gasteiger partial charge >= 0.3 is 0 Å². The molecule has 1 aromatic heterocycles. The van der Waals surface area contributed by atoms with Gasteiger partial charge in [-0.3, -0.25) is 14.7 Å². The Kier molecular flexibility index (Phi) is 4.86. The molecular weight excluding hydrogens is 314 g/mol. The summed E-state index contributed by atoms with van der Waals surface area (Å²) in [5.74, 6) is 0.673. The number of nitrogens with zero attached hydrogens (tertiary/aromatic N) is 3. The summed E-state index contributed by atoms with van der Waals surface area (Å²) < 4.78 is 5.77. The lowest BCUT2D eigenvalue weighted by molar-refractivity contribution is -0.134. The molecule has 1 aromatic rings. The molecule has 2 saturated heterocycles. The first-order chi connectivity index (χ1) is 12.3. The SMILES string of the molecule is CO[C@@H]1CCN(C(=O)C2=CCCC2)[C@@H]2CN(Cc3cccnc3)C[C@@H]21. The molecule has 0 unspecified atom stereocenters. The predicted molar refractivity (Wildman–Crippen MR) is 95.9 cm³/mol. The van der Waals surface area contributed by atoms with E-state index in [-0.39, 0.29) is 18.1 Å². The van der Waals surface area contributed by atoms with Gasteiger partial charge in [0.05, 0.1) is 12.1 Å². The zero-order chi connectivity index (χ0) is 17.2. The Morgan fingerprint density at radius 3 is 3.04 bits per heavy atom. The molecule has 5 nitrogen and oxygen atoms in total. The zero-order valence-corrected chi connectivity index (χ0v) is 14.9. The fraction of sp³-hybridized carbons (Fsp3) is 0.600. The van der Waals surface area contributed by atoms with Crippen LogP contribution in [0.25, 0.3) is 0 Å². The number of likely N-dealkylation sites (tertiary alicyclic amines) is 2. The summed E-state index contributed by atoms with van der Waals surface area (Å²) in [6, 6.07) is 4.37. The zero-order valence-electron chi connectivity index (χ0n) is 14.9. The number of piperidine rings is 1. The standard InChI is InChI=1S/C20H27N3O2/c1-25-19-8-10-23(20(24)16-6-2-3-7-16)18-14-22(13-17(18)19)12-15-5-4-9-21-11-15/h4-6,9,11,17-19H,2-3,7-8,10,12-14H2,1H3/t17-,18+,19+/m0/s1. The van der Waals surface area contributed by atoms with Crippen LogP contribution in [-0.2, 0) is 16.1 Å². The number of hydrogen-bond acceptors (Lipinski definition) is 4. The van der Waals surface area contributed by atoms with Crippen LogP contribution in [0.5, 0.6) is 0 Å². The summed E-state index contributed by atoms with van der Waals surface area (Å²) in [6.07, 6.45) is 10.2. The Hall–Kier alpha value is -1.72. The quantitative estimate of drug-likeness (QED) is 0.843. The average molecular weight is 341 g/mol. The number of methoxy groups -OCH3 is 1. The second-order valence-electron chi connectivity index (χ2n) is 7.47. The van der Waals surface area contributed by atoms with Crippen molar-refractivity contribution in [1.29, 1.82) is 0 Å².